The number of rotatable bonds is 5. The number of hydrogen-bond donors (Lipinski definition) is 2. The predicted molar refractivity (Wildman–Crippen MR) is 56.3 cm³/mol. The van der Waals surface area contributed by atoms with Crippen molar-refractivity contribution < 1.29 is 66.4 Å². The van der Waals surface area contributed by atoms with Crippen LogP contribution >= 0.6 is 0 Å². The summed E-state index contributed by atoms with van der Waals surface area (Å²) in [6.45, 7) is -0.358. The van der Waals surface area contributed by atoms with Gasteiger partial charge in [0.2, 0.25) is 10.4 Å². The first-order valence-electron chi connectivity index (χ1n) is 4.99. The zero-order chi connectivity index (χ0) is 14.6. The molecule has 1 fully saturated rings. The third-order valence-corrected chi connectivity index (χ3v) is 2.89. The fourth-order valence-corrected chi connectivity index (χ4v) is 2.11. The zero-order valence-electron chi connectivity index (χ0n) is 10.7. The Bertz CT molecular complexity index is 455. The molecule has 20 heavy (non-hydrogen) atoms. The van der Waals surface area contributed by atoms with Crippen LogP contribution in [0.1, 0.15) is 0 Å². The van der Waals surface area contributed by atoms with E-state index >= 15 is 0 Å². The second-order valence-corrected chi connectivity index (χ2v) is 4.65. The smallest absolute Gasteiger partial charge is 0.726 e. The number of ether oxygens (including phenoxy) is 2. The second kappa shape index (κ2) is 8.46. The van der Waals surface area contributed by atoms with Crippen molar-refractivity contribution in [1.29, 1.82) is 0 Å². The molecule has 0 unspecified atom stereocenters. The molecule has 0 aromatic heterocycles. The van der Waals surface area contributed by atoms with E-state index in [0.29, 0.717) is 0 Å². The molecule has 1 aliphatic heterocycles. The molecule has 0 saturated carbocycles. The van der Waals surface area contributed by atoms with E-state index in [-0.39, 0.29) is 36.1 Å². The van der Waals surface area contributed by atoms with Crippen LogP contribution in [0.2, 0.25) is 0 Å². The average molecular weight is 321 g/mol. The number of nitrogens with zero attached hydrogens (tertiary/aromatic N) is 3. The first kappa shape index (κ1) is 20.0. The topological polar surface area (TPSA) is 174 Å². The standard InChI is InChI=1S/C7H13N3O8S.Na/c1-16-7-5(12)6(18-19(13,14)15)4(11)3(17-7)2-9-10-8;/h3-7,11-12H,2H2,1H3,(H,13,14,15);/q;+1/p-1/t3-,4-,5+,6+,7+;/m1./s1. The van der Waals surface area contributed by atoms with E-state index in [1.54, 1.807) is 0 Å². The Morgan fingerprint density at radius 2 is 2.05 bits per heavy atom. The van der Waals surface area contributed by atoms with Crippen molar-refractivity contribution >= 4 is 10.4 Å². The molecule has 110 valence electrons. The maximum Gasteiger partial charge on any atom is 1.00 e. The molecule has 1 saturated heterocycles. The maximum atomic E-state index is 10.5. The normalized spacial score (nSPS) is 33.9. The number of aliphatic hydroxyl groups is 2. The van der Waals surface area contributed by atoms with E-state index in [1.807, 2.05) is 0 Å². The molecule has 5 atom stereocenters. The van der Waals surface area contributed by atoms with Gasteiger partial charge in [0.25, 0.3) is 0 Å². The Morgan fingerprint density at radius 3 is 2.50 bits per heavy atom. The second-order valence-electron chi connectivity index (χ2n) is 3.64. The summed E-state index contributed by atoms with van der Waals surface area (Å²) in [5, 5.41) is 22.6. The summed E-state index contributed by atoms with van der Waals surface area (Å²) in [5.41, 5.74) is 8.17. The largest absolute Gasteiger partial charge is 1.00 e. The first-order valence-corrected chi connectivity index (χ1v) is 6.33. The summed E-state index contributed by atoms with van der Waals surface area (Å²) >= 11 is 0. The summed E-state index contributed by atoms with van der Waals surface area (Å²) in [5.74, 6) is 0. The third-order valence-electron chi connectivity index (χ3n) is 2.43. The molecule has 0 aromatic rings. The molecule has 1 rings (SSSR count). The molecule has 1 heterocycles. The number of hydrogen-bond acceptors (Lipinski definition) is 9. The van der Waals surface area contributed by atoms with Gasteiger partial charge in [-0.3, -0.25) is 4.18 Å². The van der Waals surface area contributed by atoms with Crippen LogP contribution in [-0.4, -0.2) is 67.5 Å². The summed E-state index contributed by atoms with van der Waals surface area (Å²) in [7, 11) is -4.00. The Balaban J connectivity index is 0.00000361. The van der Waals surface area contributed by atoms with Crippen LogP contribution < -0.4 is 29.6 Å². The fourth-order valence-electron chi connectivity index (χ4n) is 1.61. The summed E-state index contributed by atoms with van der Waals surface area (Å²) in [4.78, 5) is 2.44. The SMILES string of the molecule is CO[C@H]1O[C@H](CN=[N+]=[N-])[C@@H](O)[C@H](OS(=O)(=O)[O-])[C@@H]1O.[Na+]. The van der Waals surface area contributed by atoms with Crippen LogP contribution in [0, 0.1) is 0 Å². The minimum atomic E-state index is -5.15. The van der Waals surface area contributed by atoms with Crippen LogP contribution in [0.4, 0.5) is 0 Å². The Morgan fingerprint density at radius 1 is 1.45 bits per heavy atom. The van der Waals surface area contributed by atoms with Crippen molar-refractivity contribution in [3.05, 3.63) is 10.4 Å². The van der Waals surface area contributed by atoms with Crippen molar-refractivity contribution in [3.8, 4) is 0 Å². The summed E-state index contributed by atoms with van der Waals surface area (Å²) in [6.07, 6.45) is -7.69. The van der Waals surface area contributed by atoms with Crippen molar-refractivity contribution in [2.75, 3.05) is 13.7 Å². The minimum Gasteiger partial charge on any atom is -0.726 e. The van der Waals surface area contributed by atoms with E-state index in [4.69, 9.17) is 15.0 Å². The van der Waals surface area contributed by atoms with Crippen molar-refractivity contribution in [2.24, 2.45) is 5.11 Å². The molecule has 2 N–H and O–H groups in total. The van der Waals surface area contributed by atoms with Gasteiger partial charge >= 0.3 is 29.6 Å². The molecular weight excluding hydrogens is 309 g/mol. The van der Waals surface area contributed by atoms with Crippen molar-refractivity contribution in [1.82, 2.24) is 0 Å². The van der Waals surface area contributed by atoms with Crippen LogP contribution in [0.25, 0.3) is 10.4 Å². The van der Waals surface area contributed by atoms with Gasteiger partial charge in [-0.05, 0) is 5.53 Å². The molecule has 0 aliphatic carbocycles. The van der Waals surface area contributed by atoms with E-state index in [2.05, 4.69) is 14.2 Å². The fraction of sp³-hybridized carbons (Fsp3) is 1.00. The van der Waals surface area contributed by atoms with Gasteiger partial charge in [0, 0.05) is 12.0 Å². The van der Waals surface area contributed by atoms with Crippen molar-refractivity contribution in [3.63, 3.8) is 0 Å². The van der Waals surface area contributed by atoms with Crippen LogP contribution in [-0.2, 0) is 24.1 Å². The van der Waals surface area contributed by atoms with Crippen LogP contribution in [0.5, 0.6) is 0 Å². The third kappa shape index (κ3) is 5.42. The summed E-state index contributed by atoms with van der Waals surface area (Å²) < 4.78 is 45.5. The van der Waals surface area contributed by atoms with Gasteiger partial charge in [-0.25, -0.2) is 8.42 Å². The average Bonchev–Trinajstić information content (AvgIpc) is 2.32. The molecule has 0 aromatic carbocycles. The molecule has 1 aliphatic rings. The van der Waals surface area contributed by atoms with E-state index < -0.39 is 41.1 Å². The molecule has 0 bridgehead atoms. The van der Waals surface area contributed by atoms with Gasteiger partial charge in [-0.2, -0.15) is 0 Å². The Kier molecular flexibility index (Phi) is 8.47. The molecule has 0 amide bonds. The van der Waals surface area contributed by atoms with Crippen LogP contribution in [0.3, 0.4) is 0 Å². The zero-order valence-corrected chi connectivity index (χ0v) is 13.5. The van der Waals surface area contributed by atoms with Gasteiger partial charge in [0.1, 0.15) is 18.3 Å². The number of azide groups is 1. The predicted octanol–water partition coefficient (Wildman–Crippen LogP) is -4.76. The molecule has 11 nitrogen and oxygen atoms in total. The molecule has 0 radical (unpaired) electrons. The quantitative estimate of drug-likeness (QED) is 0.127. The van der Waals surface area contributed by atoms with Crippen molar-refractivity contribution in [2.45, 2.75) is 30.7 Å². The minimum absolute atomic E-state index is 0. The molecule has 13 heteroatoms. The molecule has 0 spiro atoms. The van der Waals surface area contributed by atoms with E-state index in [1.165, 1.54) is 0 Å². The van der Waals surface area contributed by atoms with E-state index in [0.717, 1.165) is 7.11 Å². The summed E-state index contributed by atoms with van der Waals surface area (Å²) in [6, 6.07) is 0. The maximum absolute atomic E-state index is 10.5. The Hall–Kier alpha value is 0.0200. The first-order chi connectivity index (χ1) is 8.80. The van der Waals surface area contributed by atoms with Gasteiger partial charge < -0.3 is 24.2 Å². The van der Waals surface area contributed by atoms with E-state index in [9.17, 15) is 23.2 Å². The Labute approximate surface area is 136 Å². The van der Waals surface area contributed by atoms with Gasteiger partial charge in [0.15, 0.2) is 6.29 Å². The number of methoxy groups -OCH3 is 1. The van der Waals surface area contributed by atoms with Crippen LogP contribution in [0.15, 0.2) is 5.11 Å². The van der Waals surface area contributed by atoms with Gasteiger partial charge in [-0.15, -0.1) is 0 Å². The van der Waals surface area contributed by atoms with Gasteiger partial charge in [-0.1, -0.05) is 5.11 Å². The van der Waals surface area contributed by atoms with Gasteiger partial charge in [0.05, 0.1) is 12.6 Å². The monoisotopic (exact) mass is 321 g/mol. The number of aliphatic hydroxyl groups excluding tert-OH is 2. The molecular formula is C7H12N3NaO8S.